The summed E-state index contributed by atoms with van der Waals surface area (Å²) in [6.07, 6.45) is 2.61. The van der Waals surface area contributed by atoms with E-state index >= 15 is 0 Å². The van der Waals surface area contributed by atoms with Crippen molar-refractivity contribution in [1.82, 2.24) is 4.90 Å². The van der Waals surface area contributed by atoms with Crippen LogP contribution in [0.3, 0.4) is 0 Å². The molecule has 112 valence electrons. The van der Waals surface area contributed by atoms with Gasteiger partial charge in [0.15, 0.2) is 5.79 Å². The summed E-state index contributed by atoms with van der Waals surface area (Å²) in [6.45, 7) is 2.90. The lowest BCUT2D eigenvalue weighted by Crippen LogP contribution is -2.47. The first-order chi connectivity index (χ1) is 10.3. The first-order valence-corrected chi connectivity index (χ1v) is 7.89. The highest BCUT2D eigenvalue weighted by Gasteiger charge is 2.48. The third-order valence-corrected chi connectivity index (χ3v) is 4.99. The van der Waals surface area contributed by atoms with Crippen LogP contribution in [0.5, 0.6) is 0 Å². The normalized spacial score (nSPS) is 30.6. The second-order valence-corrected chi connectivity index (χ2v) is 6.29. The molecule has 1 aromatic carbocycles. The summed E-state index contributed by atoms with van der Waals surface area (Å²) in [5.41, 5.74) is 1.30. The summed E-state index contributed by atoms with van der Waals surface area (Å²) >= 11 is 0. The zero-order valence-electron chi connectivity index (χ0n) is 12.2. The lowest BCUT2D eigenvalue weighted by molar-refractivity contribution is -0.187. The summed E-state index contributed by atoms with van der Waals surface area (Å²) in [5, 5.41) is 0. The number of likely N-dealkylation sites (tertiary alicyclic amines) is 1. The molecule has 0 bridgehead atoms. The Bertz CT molecular complexity index is 514. The first kappa shape index (κ1) is 13.3. The number of nitrogens with zero attached hydrogens (tertiary/aromatic N) is 1. The van der Waals surface area contributed by atoms with E-state index in [0.717, 1.165) is 32.4 Å². The summed E-state index contributed by atoms with van der Waals surface area (Å²) in [5.74, 6) is 0.538. The number of amides is 1. The molecule has 3 fully saturated rings. The molecule has 1 spiro atoms. The van der Waals surface area contributed by atoms with Crippen molar-refractivity contribution in [1.29, 1.82) is 0 Å². The van der Waals surface area contributed by atoms with Crippen molar-refractivity contribution in [2.75, 3.05) is 26.3 Å². The number of carbonyl (C=O) groups excluding carboxylic acids is 1. The maximum atomic E-state index is 12.6. The Hall–Kier alpha value is -1.39. The summed E-state index contributed by atoms with van der Waals surface area (Å²) < 4.78 is 11.4. The maximum Gasteiger partial charge on any atom is 0.226 e. The molecule has 4 nitrogen and oxygen atoms in total. The fourth-order valence-corrected chi connectivity index (χ4v) is 3.62. The predicted molar refractivity (Wildman–Crippen MR) is 77.7 cm³/mol. The molecule has 0 N–H and O–H groups in total. The molecular formula is C17H21NO3. The summed E-state index contributed by atoms with van der Waals surface area (Å²) in [6, 6.07) is 10.4. The van der Waals surface area contributed by atoms with Crippen LogP contribution in [0.1, 0.15) is 30.7 Å². The van der Waals surface area contributed by atoms with Crippen molar-refractivity contribution in [2.45, 2.75) is 31.0 Å². The van der Waals surface area contributed by atoms with Gasteiger partial charge in [-0.1, -0.05) is 30.3 Å². The average molecular weight is 287 g/mol. The highest BCUT2D eigenvalue weighted by atomic mass is 16.7. The van der Waals surface area contributed by atoms with Crippen molar-refractivity contribution in [3.05, 3.63) is 35.9 Å². The Labute approximate surface area is 125 Å². The standard InChI is InChI=1S/C17H21NO3/c19-16(15-12-14(15)13-4-2-1-3-5-13)18-8-6-17(7-9-18)20-10-11-21-17/h1-5,14-15H,6-12H2. The minimum Gasteiger partial charge on any atom is -0.347 e. The van der Waals surface area contributed by atoms with Crippen molar-refractivity contribution in [2.24, 2.45) is 5.92 Å². The number of hydrogen-bond acceptors (Lipinski definition) is 3. The minimum absolute atomic E-state index is 0.187. The van der Waals surface area contributed by atoms with Gasteiger partial charge in [-0.05, 0) is 17.9 Å². The molecule has 4 rings (SSSR count). The van der Waals surface area contributed by atoms with Crippen LogP contribution in [0.25, 0.3) is 0 Å². The molecule has 2 unspecified atom stereocenters. The molecule has 1 aromatic rings. The second kappa shape index (κ2) is 5.11. The van der Waals surface area contributed by atoms with E-state index in [1.165, 1.54) is 5.56 Å². The van der Waals surface area contributed by atoms with Gasteiger partial charge in [0.2, 0.25) is 5.91 Å². The highest BCUT2D eigenvalue weighted by Crippen LogP contribution is 2.48. The van der Waals surface area contributed by atoms with E-state index in [1.54, 1.807) is 0 Å². The molecular weight excluding hydrogens is 266 g/mol. The van der Waals surface area contributed by atoms with Gasteiger partial charge in [-0.3, -0.25) is 4.79 Å². The van der Waals surface area contributed by atoms with Gasteiger partial charge in [-0.2, -0.15) is 0 Å². The van der Waals surface area contributed by atoms with E-state index in [-0.39, 0.29) is 11.7 Å². The lowest BCUT2D eigenvalue weighted by Gasteiger charge is -2.37. The molecule has 1 saturated carbocycles. The molecule has 2 saturated heterocycles. The van der Waals surface area contributed by atoms with Gasteiger partial charge in [-0.15, -0.1) is 0 Å². The number of carbonyl (C=O) groups is 1. The van der Waals surface area contributed by atoms with Gasteiger partial charge in [-0.25, -0.2) is 0 Å². The van der Waals surface area contributed by atoms with Crippen molar-refractivity contribution >= 4 is 5.91 Å². The largest absolute Gasteiger partial charge is 0.347 e. The molecule has 4 heteroatoms. The maximum absolute atomic E-state index is 12.6. The van der Waals surface area contributed by atoms with E-state index < -0.39 is 0 Å². The van der Waals surface area contributed by atoms with Crippen LogP contribution in [-0.2, 0) is 14.3 Å². The van der Waals surface area contributed by atoms with Crippen LogP contribution in [0.2, 0.25) is 0 Å². The SMILES string of the molecule is O=C(C1CC1c1ccccc1)N1CCC2(CC1)OCCO2. The number of piperidine rings is 1. The molecule has 0 aromatic heterocycles. The summed E-state index contributed by atoms with van der Waals surface area (Å²) in [7, 11) is 0. The van der Waals surface area contributed by atoms with E-state index in [0.29, 0.717) is 25.0 Å². The van der Waals surface area contributed by atoms with Crippen LogP contribution in [-0.4, -0.2) is 42.9 Å². The Morgan fingerprint density at radius 1 is 1.10 bits per heavy atom. The van der Waals surface area contributed by atoms with Gasteiger partial charge in [0.25, 0.3) is 0 Å². The predicted octanol–water partition coefficient (Wildman–Crippen LogP) is 2.16. The number of ether oxygens (including phenoxy) is 2. The number of benzene rings is 1. The molecule has 2 atom stereocenters. The Balaban J connectivity index is 1.35. The smallest absolute Gasteiger partial charge is 0.226 e. The topological polar surface area (TPSA) is 38.8 Å². The molecule has 21 heavy (non-hydrogen) atoms. The number of rotatable bonds is 2. The van der Waals surface area contributed by atoms with Gasteiger partial charge in [0.1, 0.15) is 0 Å². The lowest BCUT2D eigenvalue weighted by atomic mass is 10.0. The van der Waals surface area contributed by atoms with Crippen LogP contribution in [0, 0.1) is 5.92 Å². The zero-order valence-corrected chi connectivity index (χ0v) is 12.2. The fourth-order valence-electron chi connectivity index (χ4n) is 3.62. The van der Waals surface area contributed by atoms with Crippen LogP contribution in [0.15, 0.2) is 30.3 Å². The van der Waals surface area contributed by atoms with E-state index in [9.17, 15) is 4.79 Å². The van der Waals surface area contributed by atoms with Gasteiger partial charge in [0, 0.05) is 31.8 Å². The zero-order chi connectivity index (χ0) is 14.3. The highest BCUT2D eigenvalue weighted by molar-refractivity contribution is 5.83. The van der Waals surface area contributed by atoms with Crippen molar-refractivity contribution in [3.8, 4) is 0 Å². The third kappa shape index (κ3) is 2.47. The Morgan fingerprint density at radius 2 is 1.76 bits per heavy atom. The molecule has 2 aliphatic heterocycles. The monoisotopic (exact) mass is 287 g/mol. The van der Waals surface area contributed by atoms with Gasteiger partial charge in [0.05, 0.1) is 13.2 Å². The van der Waals surface area contributed by atoms with Crippen molar-refractivity contribution < 1.29 is 14.3 Å². The molecule has 3 aliphatic rings. The fraction of sp³-hybridized carbons (Fsp3) is 0.588. The second-order valence-electron chi connectivity index (χ2n) is 6.29. The van der Waals surface area contributed by atoms with E-state index in [4.69, 9.17) is 9.47 Å². The average Bonchev–Trinajstić information content (AvgIpc) is 3.23. The molecule has 0 radical (unpaired) electrons. The van der Waals surface area contributed by atoms with Gasteiger partial charge < -0.3 is 14.4 Å². The van der Waals surface area contributed by atoms with Crippen molar-refractivity contribution in [3.63, 3.8) is 0 Å². The van der Waals surface area contributed by atoms with Gasteiger partial charge >= 0.3 is 0 Å². The van der Waals surface area contributed by atoms with E-state index in [1.807, 2.05) is 11.0 Å². The first-order valence-electron chi connectivity index (χ1n) is 7.89. The number of hydrogen-bond donors (Lipinski definition) is 0. The van der Waals surface area contributed by atoms with E-state index in [2.05, 4.69) is 24.3 Å². The summed E-state index contributed by atoms with van der Waals surface area (Å²) in [4.78, 5) is 14.6. The van der Waals surface area contributed by atoms with Crippen LogP contribution in [0.4, 0.5) is 0 Å². The minimum atomic E-state index is -0.390. The molecule has 1 aliphatic carbocycles. The van der Waals surface area contributed by atoms with Crippen LogP contribution < -0.4 is 0 Å². The molecule has 1 amide bonds. The quantitative estimate of drug-likeness (QED) is 0.836. The Kier molecular flexibility index (Phi) is 3.23. The third-order valence-electron chi connectivity index (χ3n) is 4.99. The Morgan fingerprint density at radius 3 is 2.43 bits per heavy atom. The molecule has 2 heterocycles. The van der Waals surface area contributed by atoms with Crippen LogP contribution >= 0.6 is 0 Å².